The number of nitrogens with two attached hydrogens (primary N) is 1. The number of alkyl halides is 3. The lowest BCUT2D eigenvalue weighted by molar-refractivity contribution is -0.137. The van der Waals surface area contributed by atoms with Gasteiger partial charge in [-0.15, -0.1) is 0 Å². The highest BCUT2D eigenvalue weighted by Crippen LogP contribution is 2.35. The number of rotatable bonds is 6. The van der Waals surface area contributed by atoms with E-state index < -0.39 is 33.2 Å². The van der Waals surface area contributed by atoms with E-state index in [1.54, 1.807) is 12.1 Å². The maximum Gasteiger partial charge on any atom is 0.416 e. The second kappa shape index (κ2) is 8.89. The summed E-state index contributed by atoms with van der Waals surface area (Å²) in [6.07, 6.45) is -4.69. The van der Waals surface area contributed by atoms with Crippen LogP contribution in [0.15, 0.2) is 71.6 Å². The van der Waals surface area contributed by atoms with Gasteiger partial charge in [0.25, 0.3) is 5.91 Å². The third kappa shape index (κ3) is 5.56. The molecule has 0 fully saturated rings. The summed E-state index contributed by atoms with van der Waals surface area (Å²) >= 11 is 0. The highest BCUT2D eigenvalue weighted by molar-refractivity contribution is 7.89. The van der Waals surface area contributed by atoms with E-state index in [-0.39, 0.29) is 22.1 Å². The molecule has 0 aliphatic carbocycles. The van der Waals surface area contributed by atoms with Crippen LogP contribution in [0.3, 0.4) is 0 Å². The third-order valence-electron chi connectivity index (χ3n) is 4.26. The van der Waals surface area contributed by atoms with Crippen molar-refractivity contribution < 1.29 is 35.9 Å². The van der Waals surface area contributed by atoms with Crippen LogP contribution in [0.4, 0.5) is 18.9 Å². The molecule has 0 saturated carbocycles. The van der Waals surface area contributed by atoms with Crippen molar-refractivity contribution in [2.24, 2.45) is 5.14 Å². The van der Waals surface area contributed by atoms with Gasteiger partial charge in [0.1, 0.15) is 17.2 Å². The summed E-state index contributed by atoms with van der Waals surface area (Å²) in [6.45, 7) is 0. The highest BCUT2D eigenvalue weighted by Gasteiger charge is 2.32. The van der Waals surface area contributed by atoms with Crippen molar-refractivity contribution in [1.82, 2.24) is 0 Å². The number of anilines is 1. The Kier molecular flexibility index (Phi) is 6.42. The zero-order chi connectivity index (χ0) is 23.5. The number of hydrogen-bond acceptors (Lipinski definition) is 5. The number of carbonyl (C=O) groups is 1. The molecule has 0 spiro atoms. The van der Waals surface area contributed by atoms with Crippen LogP contribution in [0.25, 0.3) is 0 Å². The van der Waals surface area contributed by atoms with Crippen LogP contribution in [0.2, 0.25) is 0 Å². The lowest BCUT2D eigenvalue weighted by Crippen LogP contribution is -2.16. The average Bonchev–Trinajstić information content (AvgIpc) is 2.73. The van der Waals surface area contributed by atoms with E-state index in [0.29, 0.717) is 11.8 Å². The first-order chi connectivity index (χ1) is 15.0. The SMILES string of the molecule is COc1ccc(Oc2ccc(C(F)(F)F)cc2C(=O)Nc2cccc(S(N)(=O)=O)c2)cc1. The van der Waals surface area contributed by atoms with Gasteiger partial charge in [0.15, 0.2) is 0 Å². The first-order valence-corrected chi connectivity index (χ1v) is 10.5. The van der Waals surface area contributed by atoms with Crippen molar-refractivity contribution in [3.8, 4) is 17.2 Å². The molecule has 0 atom stereocenters. The van der Waals surface area contributed by atoms with E-state index in [4.69, 9.17) is 14.6 Å². The number of amides is 1. The van der Waals surface area contributed by atoms with Gasteiger partial charge in [-0.25, -0.2) is 13.6 Å². The van der Waals surface area contributed by atoms with Crippen LogP contribution in [-0.2, 0) is 16.2 Å². The fourth-order valence-electron chi connectivity index (χ4n) is 2.69. The number of sulfonamides is 1. The average molecular weight is 466 g/mol. The number of benzene rings is 3. The van der Waals surface area contributed by atoms with Crippen molar-refractivity contribution in [3.05, 3.63) is 77.9 Å². The maximum atomic E-state index is 13.2. The zero-order valence-corrected chi connectivity index (χ0v) is 17.3. The van der Waals surface area contributed by atoms with Gasteiger partial charge in [-0.3, -0.25) is 4.79 Å². The molecule has 0 bridgehead atoms. The molecule has 0 heterocycles. The number of methoxy groups -OCH3 is 1. The molecule has 0 saturated heterocycles. The Hall–Kier alpha value is -3.57. The van der Waals surface area contributed by atoms with Gasteiger partial charge >= 0.3 is 6.18 Å². The minimum atomic E-state index is -4.69. The van der Waals surface area contributed by atoms with E-state index in [1.807, 2.05) is 0 Å². The fourth-order valence-corrected chi connectivity index (χ4v) is 3.25. The minimum absolute atomic E-state index is 0.0225. The van der Waals surface area contributed by atoms with E-state index >= 15 is 0 Å². The largest absolute Gasteiger partial charge is 0.497 e. The van der Waals surface area contributed by atoms with Crippen molar-refractivity contribution in [2.45, 2.75) is 11.1 Å². The van der Waals surface area contributed by atoms with E-state index in [2.05, 4.69) is 5.32 Å². The minimum Gasteiger partial charge on any atom is -0.497 e. The number of halogens is 3. The van der Waals surface area contributed by atoms with Crippen LogP contribution < -0.4 is 19.9 Å². The fraction of sp³-hybridized carbons (Fsp3) is 0.0952. The molecule has 32 heavy (non-hydrogen) atoms. The topological polar surface area (TPSA) is 108 Å². The summed E-state index contributed by atoms with van der Waals surface area (Å²) in [5, 5.41) is 7.44. The molecular formula is C21H17F3N2O5S. The molecule has 0 unspecified atom stereocenters. The van der Waals surface area contributed by atoms with E-state index in [1.165, 1.54) is 37.4 Å². The molecule has 11 heteroatoms. The normalized spacial score (nSPS) is 11.7. The van der Waals surface area contributed by atoms with Crippen LogP contribution in [0.1, 0.15) is 15.9 Å². The van der Waals surface area contributed by atoms with E-state index in [0.717, 1.165) is 18.2 Å². The summed E-state index contributed by atoms with van der Waals surface area (Å²) in [5.41, 5.74) is -1.44. The molecule has 0 radical (unpaired) electrons. The second-order valence-electron chi connectivity index (χ2n) is 6.51. The third-order valence-corrected chi connectivity index (χ3v) is 5.17. The molecule has 0 aliphatic heterocycles. The Morgan fingerprint density at radius 2 is 1.62 bits per heavy atom. The lowest BCUT2D eigenvalue weighted by Gasteiger charge is -2.15. The van der Waals surface area contributed by atoms with Gasteiger partial charge in [0.05, 0.1) is 23.1 Å². The van der Waals surface area contributed by atoms with Crippen LogP contribution in [0, 0.1) is 0 Å². The summed E-state index contributed by atoms with van der Waals surface area (Å²) < 4.78 is 73.3. The van der Waals surface area contributed by atoms with Crippen LogP contribution in [-0.4, -0.2) is 21.4 Å². The summed E-state index contributed by atoms with van der Waals surface area (Å²) in [7, 11) is -2.57. The first kappa shape index (κ1) is 23.1. The van der Waals surface area contributed by atoms with Gasteiger partial charge in [0, 0.05) is 5.69 Å². The highest BCUT2D eigenvalue weighted by atomic mass is 32.2. The van der Waals surface area contributed by atoms with Gasteiger partial charge in [-0.2, -0.15) is 13.2 Å². The van der Waals surface area contributed by atoms with Gasteiger partial charge in [-0.1, -0.05) is 6.07 Å². The molecule has 3 rings (SSSR count). The molecule has 3 aromatic carbocycles. The summed E-state index contributed by atoms with van der Waals surface area (Å²) in [6, 6.07) is 13.7. The van der Waals surface area contributed by atoms with Crippen LogP contribution >= 0.6 is 0 Å². The lowest BCUT2D eigenvalue weighted by atomic mass is 10.1. The number of carbonyl (C=O) groups excluding carboxylic acids is 1. The maximum absolute atomic E-state index is 13.2. The molecule has 168 valence electrons. The van der Waals surface area contributed by atoms with Gasteiger partial charge < -0.3 is 14.8 Å². The number of ether oxygens (including phenoxy) is 2. The summed E-state index contributed by atoms with van der Waals surface area (Å²) in [5.74, 6) is -0.275. The van der Waals surface area contributed by atoms with Crippen LogP contribution in [0.5, 0.6) is 17.2 Å². The van der Waals surface area contributed by atoms with Gasteiger partial charge in [-0.05, 0) is 60.7 Å². The van der Waals surface area contributed by atoms with Crippen molar-refractivity contribution in [1.29, 1.82) is 0 Å². The van der Waals surface area contributed by atoms with Crippen molar-refractivity contribution >= 4 is 21.6 Å². The second-order valence-corrected chi connectivity index (χ2v) is 8.07. The molecule has 3 N–H and O–H groups in total. The Bertz CT molecular complexity index is 1240. The number of hydrogen-bond donors (Lipinski definition) is 2. The zero-order valence-electron chi connectivity index (χ0n) is 16.5. The Morgan fingerprint density at radius 1 is 0.969 bits per heavy atom. The Morgan fingerprint density at radius 3 is 2.22 bits per heavy atom. The standard InChI is InChI=1S/C21H17F3N2O5S/c1-30-15-6-8-16(9-7-15)31-19-10-5-13(21(22,23)24)11-18(19)20(27)26-14-3-2-4-17(12-14)32(25,28)29/h2-12H,1H3,(H,26,27)(H2,25,28,29). The quantitative estimate of drug-likeness (QED) is 0.560. The smallest absolute Gasteiger partial charge is 0.416 e. The predicted octanol–water partition coefficient (Wildman–Crippen LogP) is 4.41. The Balaban J connectivity index is 1.97. The first-order valence-electron chi connectivity index (χ1n) is 8.95. The molecule has 1 amide bonds. The molecule has 0 aromatic heterocycles. The predicted molar refractivity (Wildman–Crippen MR) is 110 cm³/mol. The number of nitrogens with one attached hydrogen (secondary N) is 1. The molecule has 3 aromatic rings. The van der Waals surface area contributed by atoms with Gasteiger partial charge in [0.2, 0.25) is 10.0 Å². The van der Waals surface area contributed by atoms with E-state index in [9.17, 15) is 26.4 Å². The molecular weight excluding hydrogens is 449 g/mol. The molecule has 0 aliphatic rings. The number of primary sulfonamides is 1. The van der Waals surface area contributed by atoms with Crippen molar-refractivity contribution in [2.75, 3.05) is 12.4 Å². The summed E-state index contributed by atoms with van der Waals surface area (Å²) in [4.78, 5) is 12.5. The Labute approximate surface area is 181 Å². The molecule has 7 nitrogen and oxygen atoms in total. The monoisotopic (exact) mass is 466 g/mol. The van der Waals surface area contributed by atoms with Crippen molar-refractivity contribution in [3.63, 3.8) is 0 Å².